The molecule has 4 nitrogen and oxygen atoms in total. The molecule has 0 bridgehead atoms. The van der Waals surface area contributed by atoms with Crippen molar-refractivity contribution in [1.82, 2.24) is 5.32 Å². The monoisotopic (exact) mass is 208 g/mol. The number of benzene rings is 1. The van der Waals surface area contributed by atoms with Gasteiger partial charge in [0.1, 0.15) is 6.04 Å². The summed E-state index contributed by atoms with van der Waals surface area (Å²) >= 11 is 0. The first-order valence-electron chi connectivity index (χ1n) is 4.82. The molecule has 0 amide bonds. The van der Waals surface area contributed by atoms with Gasteiger partial charge < -0.3 is 16.2 Å². The van der Waals surface area contributed by atoms with Crippen molar-refractivity contribution in [3.05, 3.63) is 29.3 Å². The van der Waals surface area contributed by atoms with Crippen LogP contribution in [0.15, 0.2) is 18.2 Å². The average molecular weight is 208 g/mol. The highest BCUT2D eigenvalue weighted by Crippen LogP contribution is 2.12. The van der Waals surface area contributed by atoms with Crippen molar-refractivity contribution < 1.29 is 9.90 Å². The maximum Gasteiger partial charge on any atom is 0.320 e. The number of carbonyl (C=O) groups is 1. The zero-order chi connectivity index (χ0) is 11.4. The van der Waals surface area contributed by atoms with Gasteiger partial charge in [-0.15, -0.1) is 0 Å². The molecule has 0 aromatic heterocycles. The van der Waals surface area contributed by atoms with Crippen LogP contribution in [0.3, 0.4) is 0 Å². The minimum absolute atomic E-state index is 0.518. The Morgan fingerprint density at radius 1 is 1.60 bits per heavy atom. The van der Waals surface area contributed by atoms with Gasteiger partial charge in [-0.1, -0.05) is 6.07 Å². The predicted octanol–water partition coefficient (Wildman–Crippen LogP) is 1.14. The summed E-state index contributed by atoms with van der Waals surface area (Å²) in [7, 11) is 0. The molecule has 15 heavy (non-hydrogen) atoms. The summed E-state index contributed by atoms with van der Waals surface area (Å²) in [6.45, 7) is 4.11. The van der Waals surface area contributed by atoms with Crippen LogP contribution >= 0.6 is 0 Å². The Bertz CT molecular complexity index is 364. The van der Waals surface area contributed by atoms with E-state index < -0.39 is 12.0 Å². The van der Waals surface area contributed by atoms with Gasteiger partial charge in [0.05, 0.1) is 0 Å². The van der Waals surface area contributed by atoms with Crippen LogP contribution in [0.1, 0.15) is 18.1 Å². The van der Waals surface area contributed by atoms with E-state index in [1.807, 2.05) is 25.1 Å². The molecule has 0 aliphatic carbocycles. The zero-order valence-corrected chi connectivity index (χ0v) is 8.95. The fourth-order valence-electron chi connectivity index (χ4n) is 1.23. The number of hydrogen-bond acceptors (Lipinski definition) is 3. The number of carboxylic acids is 1. The highest BCUT2D eigenvalue weighted by molar-refractivity contribution is 5.72. The molecule has 0 radical (unpaired) electrons. The molecular formula is C11H16N2O2. The summed E-state index contributed by atoms with van der Waals surface area (Å²) in [5.41, 5.74) is 8.48. The maximum atomic E-state index is 10.6. The topological polar surface area (TPSA) is 75.3 Å². The van der Waals surface area contributed by atoms with Crippen LogP contribution < -0.4 is 11.1 Å². The molecule has 0 aliphatic rings. The molecule has 0 spiro atoms. The van der Waals surface area contributed by atoms with Crippen molar-refractivity contribution >= 4 is 11.7 Å². The van der Waals surface area contributed by atoms with E-state index in [-0.39, 0.29) is 0 Å². The Hall–Kier alpha value is -1.55. The highest BCUT2D eigenvalue weighted by Gasteiger charge is 2.09. The number of aryl methyl sites for hydroxylation is 1. The van der Waals surface area contributed by atoms with E-state index in [1.165, 1.54) is 0 Å². The second-order valence-electron chi connectivity index (χ2n) is 3.63. The summed E-state index contributed by atoms with van der Waals surface area (Å²) in [5, 5.41) is 11.6. The second kappa shape index (κ2) is 4.79. The zero-order valence-electron chi connectivity index (χ0n) is 8.95. The van der Waals surface area contributed by atoms with E-state index in [2.05, 4.69) is 5.32 Å². The number of aliphatic carboxylic acids is 1. The largest absolute Gasteiger partial charge is 0.480 e. The van der Waals surface area contributed by atoms with Crippen LogP contribution in [0, 0.1) is 6.92 Å². The van der Waals surface area contributed by atoms with Gasteiger partial charge in [-0.05, 0) is 37.1 Å². The molecule has 1 rings (SSSR count). The Kier molecular flexibility index (Phi) is 3.68. The van der Waals surface area contributed by atoms with Crippen LogP contribution in [-0.4, -0.2) is 17.1 Å². The molecule has 1 aromatic carbocycles. The molecule has 0 heterocycles. The van der Waals surface area contributed by atoms with Gasteiger partial charge in [0.25, 0.3) is 0 Å². The first kappa shape index (κ1) is 11.5. The lowest BCUT2D eigenvalue weighted by Crippen LogP contribution is -2.33. The maximum absolute atomic E-state index is 10.6. The summed E-state index contributed by atoms with van der Waals surface area (Å²) in [6, 6.07) is 5.07. The molecule has 1 aromatic rings. The quantitative estimate of drug-likeness (QED) is 0.648. The van der Waals surface area contributed by atoms with Crippen molar-refractivity contribution in [1.29, 1.82) is 0 Å². The van der Waals surface area contributed by atoms with Gasteiger partial charge in [0.2, 0.25) is 0 Å². The van der Waals surface area contributed by atoms with Crippen molar-refractivity contribution in [2.45, 2.75) is 26.4 Å². The third-order valence-corrected chi connectivity index (χ3v) is 2.34. The van der Waals surface area contributed by atoms with Crippen LogP contribution in [0.2, 0.25) is 0 Å². The van der Waals surface area contributed by atoms with Gasteiger partial charge >= 0.3 is 5.97 Å². The standard InChI is InChI=1S/C11H16N2O2/c1-7-3-4-10(12)5-9(7)6-13-8(2)11(14)15/h3-5,8,13H,6,12H2,1-2H3,(H,14,15). The van der Waals surface area contributed by atoms with Gasteiger partial charge in [0, 0.05) is 12.2 Å². The van der Waals surface area contributed by atoms with Crippen LogP contribution in [0.5, 0.6) is 0 Å². The number of anilines is 1. The normalized spacial score (nSPS) is 12.4. The predicted molar refractivity (Wildman–Crippen MR) is 59.5 cm³/mol. The molecule has 1 atom stereocenters. The minimum Gasteiger partial charge on any atom is -0.480 e. The van der Waals surface area contributed by atoms with Crippen LogP contribution in [0.25, 0.3) is 0 Å². The minimum atomic E-state index is -0.850. The average Bonchev–Trinajstić information content (AvgIpc) is 2.18. The lowest BCUT2D eigenvalue weighted by Gasteiger charge is -2.11. The number of nitrogen functional groups attached to an aromatic ring is 1. The number of nitrogens with two attached hydrogens (primary N) is 1. The molecule has 4 N–H and O–H groups in total. The molecular weight excluding hydrogens is 192 g/mol. The lowest BCUT2D eigenvalue weighted by molar-refractivity contribution is -0.139. The molecule has 1 unspecified atom stereocenters. The number of hydrogen-bond donors (Lipinski definition) is 3. The molecule has 0 fully saturated rings. The third-order valence-electron chi connectivity index (χ3n) is 2.34. The van der Waals surface area contributed by atoms with E-state index in [0.29, 0.717) is 12.2 Å². The molecule has 0 saturated heterocycles. The van der Waals surface area contributed by atoms with Crippen molar-refractivity contribution in [3.63, 3.8) is 0 Å². The van der Waals surface area contributed by atoms with E-state index in [4.69, 9.17) is 10.8 Å². The van der Waals surface area contributed by atoms with Crippen molar-refractivity contribution in [2.75, 3.05) is 5.73 Å². The fourth-order valence-corrected chi connectivity index (χ4v) is 1.23. The van der Waals surface area contributed by atoms with Gasteiger partial charge in [0.15, 0.2) is 0 Å². The Balaban J connectivity index is 2.65. The fraction of sp³-hybridized carbons (Fsp3) is 0.364. The molecule has 82 valence electrons. The lowest BCUT2D eigenvalue weighted by atomic mass is 10.1. The van der Waals surface area contributed by atoms with Crippen LogP contribution in [-0.2, 0) is 11.3 Å². The number of carboxylic acid groups (broad SMARTS) is 1. The first-order chi connectivity index (χ1) is 7.00. The van der Waals surface area contributed by atoms with E-state index in [1.54, 1.807) is 6.92 Å². The number of rotatable bonds is 4. The smallest absolute Gasteiger partial charge is 0.320 e. The Morgan fingerprint density at radius 3 is 2.87 bits per heavy atom. The SMILES string of the molecule is Cc1ccc(N)cc1CNC(C)C(=O)O. The van der Waals surface area contributed by atoms with E-state index in [0.717, 1.165) is 11.1 Å². The Morgan fingerprint density at radius 2 is 2.27 bits per heavy atom. The van der Waals surface area contributed by atoms with Crippen LogP contribution in [0.4, 0.5) is 5.69 Å². The number of nitrogens with one attached hydrogen (secondary N) is 1. The van der Waals surface area contributed by atoms with Gasteiger partial charge in [-0.3, -0.25) is 4.79 Å². The second-order valence-corrected chi connectivity index (χ2v) is 3.63. The van der Waals surface area contributed by atoms with E-state index >= 15 is 0 Å². The summed E-state index contributed by atoms with van der Waals surface area (Å²) in [4.78, 5) is 10.6. The van der Waals surface area contributed by atoms with Gasteiger partial charge in [-0.2, -0.15) is 0 Å². The first-order valence-corrected chi connectivity index (χ1v) is 4.82. The molecule has 4 heteroatoms. The van der Waals surface area contributed by atoms with Crippen molar-refractivity contribution in [2.24, 2.45) is 0 Å². The third kappa shape index (κ3) is 3.25. The Labute approximate surface area is 89.1 Å². The summed E-state index contributed by atoms with van der Waals surface area (Å²) in [5.74, 6) is -0.850. The molecule has 0 aliphatic heterocycles. The summed E-state index contributed by atoms with van der Waals surface area (Å²) < 4.78 is 0. The highest BCUT2D eigenvalue weighted by atomic mass is 16.4. The summed E-state index contributed by atoms with van der Waals surface area (Å²) in [6.07, 6.45) is 0. The molecule has 0 saturated carbocycles. The van der Waals surface area contributed by atoms with Crippen molar-refractivity contribution in [3.8, 4) is 0 Å². The van der Waals surface area contributed by atoms with E-state index in [9.17, 15) is 4.79 Å². The van der Waals surface area contributed by atoms with Gasteiger partial charge in [-0.25, -0.2) is 0 Å².